The van der Waals surface area contributed by atoms with Crippen LogP contribution in [-0.2, 0) is 16.0 Å². The molecule has 0 saturated carbocycles. The van der Waals surface area contributed by atoms with Crippen molar-refractivity contribution in [2.75, 3.05) is 19.6 Å². The molecule has 0 spiro atoms. The van der Waals surface area contributed by atoms with Crippen LogP contribution in [0.2, 0.25) is 0 Å². The average Bonchev–Trinajstić information content (AvgIpc) is 3.16. The first-order valence-corrected chi connectivity index (χ1v) is 11.1. The van der Waals surface area contributed by atoms with Gasteiger partial charge in [0.05, 0.1) is 16.0 Å². The molecule has 31 heavy (non-hydrogen) atoms. The highest BCUT2D eigenvalue weighted by Crippen LogP contribution is 2.34. The Morgan fingerprint density at radius 2 is 2.06 bits per heavy atom. The lowest BCUT2D eigenvalue weighted by atomic mass is 10.1. The van der Waals surface area contributed by atoms with E-state index in [0.717, 1.165) is 12.1 Å². The van der Waals surface area contributed by atoms with E-state index in [1.165, 1.54) is 12.3 Å². The van der Waals surface area contributed by atoms with Crippen molar-refractivity contribution in [2.24, 2.45) is 0 Å². The normalized spacial score (nSPS) is 24.4. The molecule has 0 amide bonds. The molecule has 1 aromatic heterocycles. The SMILES string of the molecule is N#Cc1ccc(O[C@@H]2C[C@H]3C(S(=O)(=O)c4cccc(C(F)(F)F)c4)NCCN3C2)nc1. The Balaban J connectivity index is 1.54. The summed E-state index contributed by atoms with van der Waals surface area (Å²) in [4.78, 5) is 5.69. The zero-order chi connectivity index (χ0) is 22.2. The highest BCUT2D eigenvalue weighted by molar-refractivity contribution is 7.92. The van der Waals surface area contributed by atoms with Crippen LogP contribution in [0.4, 0.5) is 13.2 Å². The standard InChI is InChI=1S/C20H19F3N4O3S/c21-20(22,23)14-2-1-3-16(8-14)31(28,29)19-17-9-15(12-27(17)7-6-25-19)30-18-5-4-13(10-24)11-26-18/h1-5,8,11,15,17,19,25H,6-7,9,12H2/t15-,17+,19?/m1/s1. The lowest BCUT2D eigenvalue weighted by Gasteiger charge is -2.36. The minimum atomic E-state index is -4.63. The molecule has 2 fully saturated rings. The molecule has 0 aliphatic carbocycles. The van der Waals surface area contributed by atoms with Gasteiger partial charge in [-0.2, -0.15) is 18.4 Å². The van der Waals surface area contributed by atoms with E-state index in [2.05, 4.69) is 10.3 Å². The van der Waals surface area contributed by atoms with Gasteiger partial charge in [0.2, 0.25) is 5.88 Å². The van der Waals surface area contributed by atoms with Crippen LogP contribution in [0.25, 0.3) is 0 Å². The number of hydrogen-bond acceptors (Lipinski definition) is 7. The molecular formula is C20H19F3N4O3S. The first kappa shape index (κ1) is 21.5. The lowest BCUT2D eigenvalue weighted by molar-refractivity contribution is -0.137. The molecule has 11 heteroatoms. The number of pyridine rings is 1. The molecule has 3 heterocycles. The van der Waals surface area contributed by atoms with E-state index >= 15 is 0 Å². The summed E-state index contributed by atoms with van der Waals surface area (Å²) < 4.78 is 71.5. The van der Waals surface area contributed by atoms with Gasteiger partial charge < -0.3 is 4.74 Å². The second-order valence-corrected chi connectivity index (χ2v) is 9.55. The van der Waals surface area contributed by atoms with Gasteiger partial charge in [-0.05, 0) is 24.3 Å². The van der Waals surface area contributed by atoms with E-state index in [4.69, 9.17) is 10.00 Å². The maximum Gasteiger partial charge on any atom is 0.416 e. The van der Waals surface area contributed by atoms with Gasteiger partial charge in [-0.3, -0.25) is 10.2 Å². The molecule has 4 rings (SSSR count). The molecule has 2 aromatic rings. The van der Waals surface area contributed by atoms with E-state index in [9.17, 15) is 21.6 Å². The van der Waals surface area contributed by atoms with E-state index in [-0.39, 0.29) is 11.0 Å². The molecule has 2 saturated heterocycles. The van der Waals surface area contributed by atoms with Gasteiger partial charge in [-0.15, -0.1) is 0 Å². The summed E-state index contributed by atoms with van der Waals surface area (Å²) in [5, 5.41) is 10.8. The van der Waals surface area contributed by atoms with Crippen LogP contribution in [0, 0.1) is 11.3 Å². The van der Waals surface area contributed by atoms with Crippen molar-refractivity contribution in [2.45, 2.75) is 35.0 Å². The van der Waals surface area contributed by atoms with Gasteiger partial charge in [-0.1, -0.05) is 6.07 Å². The van der Waals surface area contributed by atoms with Gasteiger partial charge in [0, 0.05) is 44.4 Å². The maximum atomic E-state index is 13.2. The van der Waals surface area contributed by atoms with Crippen molar-refractivity contribution >= 4 is 9.84 Å². The molecule has 2 aliphatic rings. The quantitative estimate of drug-likeness (QED) is 0.760. The smallest absolute Gasteiger partial charge is 0.416 e. The summed E-state index contributed by atoms with van der Waals surface area (Å²) in [5.74, 6) is 0.328. The third-order valence-electron chi connectivity index (χ3n) is 5.48. The van der Waals surface area contributed by atoms with Gasteiger partial charge in [0.25, 0.3) is 0 Å². The molecule has 3 atom stereocenters. The number of halogens is 3. The molecule has 2 aliphatic heterocycles. The van der Waals surface area contributed by atoms with Crippen molar-refractivity contribution in [3.63, 3.8) is 0 Å². The number of benzene rings is 1. The first-order valence-electron chi connectivity index (χ1n) is 9.60. The lowest BCUT2D eigenvalue weighted by Crippen LogP contribution is -2.58. The number of sulfone groups is 1. The van der Waals surface area contributed by atoms with Crippen LogP contribution in [-0.4, -0.2) is 55.5 Å². The second-order valence-electron chi connectivity index (χ2n) is 7.48. The van der Waals surface area contributed by atoms with Crippen LogP contribution >= 0.6 is 0 Å². The highest BCUT2D eigenvalue weighted by atomic mass is 32.2. The predicted molar refractivity (Wildman–Crippen MR) is 104 cm³/mol. The molecule has 1 aromatic carbocycles. The molecule has 0 radical (unpaired) electrons. The maximum absolute atomic E-state index is 13.2. The number of ether oxygens (including phenoxy) is 1. The Morgan fingerprint density at radius 1 is 1.26 bits per heavy atom. The van der Waals surface area contributed by atoms with Gasteiger partial charge >= 0.3 is 6.18 Å². The molecule has 7 nitrogen and oxygen atoms in total. The van der Waals surface area contributed by atoms with Gasteiger partial charge in [-0.25, -0.2) is 13.4 Å². The number of rotatable bonds is 4. The Kier molecular flexibility index (Phi) is 5.63. The summed E-state index contributed by atoms with van der Waals surface area (Å²) in [6.07, 6.45) is -3.19. The second kappa shape index (κ2) is 8.11. The number of piperazine rings is 1. The third-order valence-corrected chi connectivity index (χ3v) is 7.54. The van der Waals surface area contributed by atoms with Crippen LogP contribution in [0.15, 0.2) is 47.5 Å². The zero-order valence-corrected chi connectivity index (χ0v) is 17.0. The van der Waals surface area contributed by atoms with E-state index in [1.807, 2.05) is 11.0 Å². The summed E-state index contributed by atoms with van der Waals surface area (Å²) in [5.41, 5.74) is -0.603. The van der Waals surface area contributed by atoms with Crippen molar-refractivity contribution in [3.05, 3.63) is 53.7 Å². The predicted octanol–water partition coefficient (Wildman–Crippen LogP) is 2.20. The largest absolute Gasteiger partial charge is 0.473 e. The van der Waals surface area contributed by atoms with Crippen molar-refractivity contribution in [1.29, 1.82) is 5.26 Å². The number of nitriles is 1. The fourth-order valence-electron chi connectivity index (χ4n) is 4.03. The number of nitrogens with one attached hydrogen (secondary N) is 1. The third kappa shape index (κ3) is 4.37. The monoisotopic (exact) mass is 452 g/mol. The molecule has 0 bridgehead atoms. The molecular weight excluding hydrogens is 433 g/mol. The minimum Gasteiger partial charge on any atom is -0.473 e. The zero-order valence-electron chi connectivity index (χ0n) is 16.2. The van der Waals surface area contributed by atoms with Gasteiger partial charge in [0.15, 0.2) is 9.84 Å². The van der Waals surface area contributed by atoms with Crippen LogP contribution in [0.5, 0.6) is 5.88 Å². The van der Waals surface area contributed by atoms with Crippen LogP contribution in [0.1, 0.15) is 17.5 Å². The molecule has 1 unspecified atom stereocenters. The summed E-state index contributed by atoms with van der Waals surface area (Å²) in [6.45, 7) is 1.46. The van der Waals surface area contributed by atoms with Gasteiger partial charge in [0.1, 0.15) is 17.5 Å². The first-order chi connectivity index (χ1) is 14.7. The summed E-state index contributed by atoms with van der Waals surface area (Å²) in [7, 11) is -4.06. The van der Waals surface area contributed by atoms with E-state index in [1.54, 1.807) is 12.1 Å². The van der Waals surface area contributed by atoms with Crippen molar-refractivity contribution < 1.29 is 26.3 Å². The fourth-order valence-corrected chi connectivity index (χ4v) is 5.92. The number of hydrogen-bond donors (Lipinski definition) is 1. The fraction of sp³-hybridized carbons (Fsp3) is 0.400. The number of aromatic nitrogens is 1. The number of alkyl halides is 3. The number of nitrogens with zero attached hydrogens (tertiary/aromatic N) is 3. The Morgan fingerprint density at radius 3 is 2.74 bits per heavy atom. The molecule has 1 N–H and O–H groups in total. The Hall–Kier alpha value is -2.68. The van der Waals surface area contributed by atoms with E-state index < -0.39 is 33.0 Å². The Bertz CT molecular complexity index is 1100. The minimum absolute atomic E-state index is 0.328. The highest BCUT2D eigenvalue weighted by Gasteiger charge is 2.46. The average molecular weight is 452 g/mol. The Labute approximate surface area is 177 Å². The van der Waals surface area contributed by atoms with Crippen LogP contribution in [0.3, 0.4) is 0 Å². The summed E-state index contributed by atoms with van der Waals surface area (Å²) >= 11 is 0. The van der Waals surface area contributed by atoms with Crippen molar-refractivity contribution in [3.8, 4) is 11.9 Å². The van der Waals surface area contributed by atoms with E-state index in [0.29, 0.717) is 43.6 Å². The molecule has 164 valence electrons. The summed E-state index contributed by atoms with van der Waals surface area (Å²) in [6, 6.07) is 8.50. The topological polar surface area (TPSA) is 95.3 Å². The number of fused-ring (bicyclic) bond motifs is 1. The van der Waals surface area contributed by atoms with Crippen molar-refractivity contribution in [1.82, 2.24) is 15.2 Å². The van der Waals surface area contributed by atoms with Crippen LogP contribution < -0.4 is 10.1 Å².